The number of fused-ring (bicyclic) bond motifs is 1. The third-order valence-electron chi connectivity index (χ3n) is 5.97. The summed E-state index contributed by atoms with van der Waals surface area (Å²) in [6, 6.07) is 18.1. The van der Waals surface area contributed by atoms with Crippen LogP contribution in [0.3, 0.4) is 0 Å². The van der Waals surface area contributed by atoms with Gasteiger partial charge in [0, 0.05) is 12.1 Å². The highest BCUT2D eigenvalue weighted by atomic mass is 16.7. The van der Waals surface area contributed by atoms with Crippen molar-refractivity contribution in [3.63, 3.8) is 0 Å². The van der Waals surface area contributed by atoms with E-state index in [-0.39, 0.29) is 17.2 Å². The molecule has 0 saturated carbocycles. The molecule has 0 aromatic heterocycles. The number of carbonyl (C=O) groups excluding carboxylic acids is 2. The van der Waals surface area contributed by atoms with Crippen LogP contribution in [0.5, 0.6) is 11.5 Å². The van der Waals surface area contributed by atoms with Crippen LogP contribution in [-0.4, -0.2) is 35.1 Å². The number of nitro groups is 1. The molecule has 0 unspecified atom stereocenters. The Bertz CT molecular complexity index is 1300. The molecule has 3 atom stereocenters. The van der Waals surface area contributed by atoms with Gasteiger partial charge in [0.25, 0.3) is 11.6 Å². The SMILES string of the molecule is COc1cc([C@H]2[C@@H]3C(=O)N(c4ccccc4)C(=O)[C@H]3ON2c2cccc([N+](=O)[O-])c2)ccc1O. The van der Waals surface area contributed by atoms with E-state index in [1.165, 1.54) is 36.4 Å². The Balaban J connectivity index is 1.62. The third-order valence-corrected chi connectivity index (χ3v) is 5.97. The smallest absolute Gasteiger partial charge is 0.271 e. The summed E-state index contributed by atoms with van der Waals surface area (Å²) in [7, 11) is 1.40. The molecule has 2 amide bonds. The molecule has 2 aliphatic heterocycles. The van der Waals surface area contributed by atoms with Crippen molar-refractivity contribution in [2.24, 2.45) is 5.92 Å². The van der Waals surface area contributed by atoms with Crippen LogP contribution in [0.25, 0.3) is 0 Å². The Morgan fingerprint density at radius 2 is 1.71 bits per heavy atom. The van der Waals surface area contributed by atoms with E-state index in [2.05, 4.69) is 0 Å². The molecule has 2 fully saturated rings. The monoisotopic (exact) mass is 461 g/mol. The Hall–Kier alpha value is -4.44. The lowest BCUT2D eigenvalue weighted by molar-refractivity contribution is -0.384. The quantitative estimate of drug-likeness (QED) is 0.349. The summed E-state index contributed by atoms with van der Waals surface area (Å²) in [6.07, 6.45) is -1.13. The van der Waals surface area contributed by atoms with Gasteiger partial charge in [-0.25, -0.2) is 9.96 Å². The van der Waals surface area contributed by atoms with Crippen LogP contribution in [0, 0.1) is 16.0 Å². The molecule has 0 radical (unpaired) electrons. The number of aromatic hydroxyl groups is 1. The minimum absolute atomic E-state index is 0.0941. The number of hydroxylamine groups is 1. The largest absolute Gasteiger partial charge is 0.504 e. The van der Waals surface area contributed by atoms with Crippen LogP contribution in [-0.2, 0) is 14.4 Å². The van der Waals surface area contributed by atoms with E-state index in [9.17, 15) is 24.8 Å². The molecule has 3 aromatic carbocycles. The normalized spacial score (nSPS) is 21.6. The third kappa shape index (κ3) is 3.32. The fraction of sp³-hybridized carbons (Fsp3) is 0.167. The number of imide groups is 1. The number of ether oxygens (including phenoxy) is 1. The Morgan fingerprint density at radius 1 is 0.971 bits per heavy atom. The van der Waals surface area contributed by atoms with Gasteiger partial charge in [-0.1, -0.05) is 30.3 Å². The van der Waals surface area contributed by atoms with Gasteiger partial charge in [-0.2, -0.15) is 0 Å². The predicted octanol–water partition coefficient (Wildman–Crippen LogP) is 3.36. The molecule has 2 heterocycles. The zero-order chi connectivity index (χ0) is 24.0. The average molecular weight is 461 g/mol. The standard InChI is InChI=1S/C24H19N3O7/c1-33-19-12-14(10-11-18(19)28)21-20-22(24(30)25(23(20)29)15-6-3-2-4-7-15)34-26(21)16-8-5-9-17(13-16)27(31)32/h2-13,20-22,28H,1H3/t20-,21-,22-/m0/s1. The van der Waals surface area contributed by atoms with Gasteiger partial charge < -0.3 is 9.84 Å². The zero-order valence-corrected chi connectivity index (χ0v) is 17.9. The summed E-state index contributed by atoms with van der Waals surface area (Å²) < 4.78 is 5.23. The van der Waals surface area contributed by atoms with E-state index >= 15 is 0 Å². The van der Waals surface area contributed by atoms with Crippen molar-refractivity contribution in [1.29, 1.82) is 0 Å². The van der Waals surface area contributed by atoms with Crippen molar-refractivity contribution in [2.75, 3.05) is 17.1 Å². The first-order valence-corrected chi connectivity index (χ1v) is 10.4. The number of rotatable bonds is 5. The first kappa shape index (κ1) is 21.4. The summed E-state index contributed by atoms with van der Waals surface area (Å²) in [6.45, 7) is 0. The molecule has 0 aliphatic carbocycles. The summed E-state index contributed by atoms with van der Waals surface area (Å²) in [5.74, 6) is -1.82. The van der Waals surface area contributed by atoms with E-state index < -0.39 is 34.8 Å². The topological polar surface area (TPSA) is 122 Å². The van der Waals surface area contributed by atoms with Crippen LogP contribution >= 0.6 is 0 Å². The number of anilines is 2. The van der Waals surface area contributed by atoms with Crippen LogP contribution in [0.4, 0.5) is 17.1 Å². The van der Waals surface area contributed by atoms with Crippen molar-refractivity contribution in [2.45, 2.75) is 12.1 Å². The number of phenols is 1. The first-order chi connectivity index (χ1) is 16.4. The lowest BCUT2D eigenvalue weighted by Crippen LogP contribution is -2.37. The van der Waals surface area contributed by atoms with Gasteiger partial charge in [0.1, 0.15) is 5.92 Å². The van der Waals surface area contributed by atoms with Gasteiger partial charge in [0.15, 0.2) is 17.6 Å². The molecular formula is C24H19N3O7. The molecule has 2 aliphatic rings. The number of benzene rings is 3. The molecule has 5 rings (SSSR count). The van der Waals surface area contributed by atoms with E-state index in [1.807, 2.05) is 0 Å². The fourth-order valence-corrected chi connectivity index (χ4v) is 4.43. The van der Waals surface area contributed by atoms with Gasteiger partial charge >= 0.3 is 0 Å². The average Bonchev–Trinajstić information content (AvgIpc) is 3.36. The maximum absolute atomic E-state index is 13.6. The number of non-ortho nitro benzene ring substituents is 1. The van der Waals surface area contributed by atoms with Crippen LogP contribution in [0.1, 0.15) is 11.6 Å². The number of amides is 2. The molecule has 2 saturated heterocycles. The molecule has 34 heavy (non-hydrogen) atoms. The maximum Gasteiger partial charge on any atom is 0.271 e. The summed E-state index contributed by atoms with van der Waals surface area (Å²) in [4.78, 5) is 44.7. The minimum Gasteiger partial charge on any atom is -0.504 e. The maximum atomic E-state index is 13.6. The van der Waals surface area contributed by atoms with E-state index in [4.69, 9.17) is 9.57 Å². The molecular weight excluding hydrogens is 442 g/mol. The van der Waals surface area contributed by atoms with Gasteiger partial charge in [0.05, 0.1) is 29.4 Å². The van der Waals surface area contributed by atoms with Crippen LogP contribution < -0.4 is 14.7 Å². The van der Waals surface area contributed by atoms with Gasteiger partial charge in [-0.3, -0.25) is 24.5 Å². The first-order valence-electron chi connectivity index (χ1n) is 10.4. The molecule has 0 bridgehead atoms. The van der Waals surface area contributed by atoms with Crippen molar-refractivity contribution >= 4 is 28.9 Å². The second kappa shape index (κ2) is 8.16. The Labute approximate surface area is 193 Å². The summed E-state index contributed by atoms with van der Waals surface area (Å²) in [5.41, 5.74) is 1.11. The number of carbonyl (C=O) groups is 2. The highest BCUT2D eigenvalue weighted by Crippen LogP contribution is 2.49. The zero-order valence-electron chi connectivity index (χ0n) is 17.9. The van der Waals surface area contributed by atoms with Gasteiger partial charge in [-0.15, -0.1) is 0 Å². The molecule has 10 nitrogen and oxygen atoms in total. The van der Waals surface area contributed by atoms with Crippen molar-refractivity contribution < 1.29 is 29.2 Å². The minimum atomic E-state index is -1.13. The number of hydrogen-bond donors (Lipinski definition) is 1. The van der Waals surface area contributed by atoms with Crippen molar-refractivity contribution in [3.05, 3.63) is 88.5 Å². The van der Waals surface area contributed by atoms with Crippen LogP contribution in [0.15, 0.2) is 72.8 Å². The predicted molar refractivity (Wildman–Crippen MR) is 120 cm³/mol. The molecule has 0 spiro atoms. The number of nitro benzene ring substituents is 1. The number of methoxy groups -OCH3 is 1. The lowest BCUT2D eigenvalue weighted by Gasteiger charge is -2.29. The number of nitrogens with zero attached hydrogens (tertiary/aromatic N) is 3. The molecule has 1 N–H and O–H groups in total. The Morgan fingerprint density at radius 3 is 2.41 bits per heavy atom. The van der Waals surface area contributed by atoms with Crippen molar-refractivity contribution in [1.82, 2.24) is 0 Å². The summed E-state index contributed by atoms with van der Waals surface area (Å²) >= 11 is 0. The van der Waals surface area contributed by atoms with E-state index in [0.29, 0.717) is 16.9 Å². The second-order valence-electron chi connectivity index (χ2n) is 7.88. The summed E-state index contributed by atoms with van der Waals surface area (Å²) in [5, 5.41) is 22.7. The number of phenolic OH excluding ortho intramolecular Hbond substituents is 1. The lowest BCUT2D eigenvalue weighted by atomic mass is 9.90. The van der Waals surface area contributed by atoms with Crippen LogP contribution in [0.2, 0.25) is 0 Å². The van der Waals surface area contributed by atoms with Gasteiger partial charge in [-0.05, 0) is 35.9 Å². The molecule has 10 heteroatoms. The fourth-order valence-electron chi connectivity index (χ4n) is 4.43. The highest BCUT2D eigenvalue weighted by molar-refractivity contribution is 6.23. The van der Waals surface area contributed by atoms with E-state index in [1.54, 1.807) is 48.5 Å². The van der Waals surface area contributed by atoms with Gasteiger partial charge in [0.2, 0.25) is 5.91 Å². The number of para-hydroxylation sites is 1. The highest BCUT2D eigenvalue weighted by Gasteiger charge is 2.60. The Kier molecular flexibility index (Phi) is 5.14. The second-order valence-corrected chi connectivity index (χ2v) is 7.88. The molecule has 3 aromatic rings. The van der Waals surface area contributed by atoms with Crippen molar-refractivity contribution in [3.8, 4) is 11.5 Å². The molecule has 172 valence electrons. The van der Waals surface area contributed by atoms with E-state index in [0.717, 1.165) is 4.90 Å². The number of hydrogen-bond acceptors (Lipinski definition) is 8.